The van der Waals surface area contributed by atoms with Crippen LogP contribution in [0.3, 0.4) is 0 Å². The number of H-pyrrole nitrogens is 1. The lowest BCUT2D eigenvalue weighted by atomic mass is 9.90. The SMILES string of the molecule is C=CC(=O)N1CCCC1COC.CNc1n[nH]c(C#Cc2cc(N)c(C3=C(N)CCC34CC4)cc2Cl)c1C(N)=O. The minimum absolute atomic E-state index is 0.0227. The highest BCUT2D eigenvalue weighted by Crippen LogP contribution is 2.64. The number of anilines is 2. The van der Waals surface area contributed by atoms with Crippen LogP contribution in [-0.2, 0) is 9.53 Å². The Balaban J connectivity index is 0.000000259. The zero-order chi connectivity index (χ0) is 29.0. The molecule has 5 rings (SSSR count). The molecule has 1 aliphatic heterocycles. The van der Waals surface area contributed by atoms with Gasteiger partial charge in [0.15, 0.2) is 5.82 Å². The van der Waals surface area contributed by atoms with E-state index in [9.17, 15) is 9.59 Å². The largest absolute Gasteiger partial charge is 0.402 e. The first-order valence-corrected chi connectivity index (χ1v) is 13.6. The number of nitrogens with two attached hydrogens (primary N) is 3. The number of nitrogens with one attached hydrogen (secondary N) is 2. The molecule has 1 saturated heterocycles. The van der Waals surface area contributed by atoms with E-state index in [1.165, 1.54) is 6.08 Å². The van der Waals surface area contributed by atoms with Crippen LogP contribution in [0.2, 0.25) is 5.02 Å². The standard InChI is InChI=1S/C20H21ClN6O.C9H15NO2/c1-25-19-16(18(24)28)15(26-27-19)3-2-10-8-14(23)11(9-12(10)21)17-13(22)4-5-20(17)6-7-20;1-3-9(11)10-6-4-5-8(10)7-12-2/h8-9H,4-7,22-23H2,1H3,(H2,24,28)(H2,25,26,27);3,8H,1,4-7H2,2H3. The van der Waals surface area contributed by atoms with Gasteiger partial charge < -0.3 is 32.2 Å². The predicted octanol–water partition coefficient (Wildman–Crippen LogP) is 3.24. The number of allylic oxidation sites excluding steroid dienone is 2. The molecular formula is C29H36ClN7O3. The highest BCUT2D eigenvalue weighted by molar-refractivity contribution is 6.32. The molecular weight excluding hydrogens is 530 g/mol. The Labute approximate surface area is 239 Å². The molecule has 212 valence electrons. The van der Waals surface area contributed by atoms with Crippen LogP contribution in [0.25, 0.3) is 5.57 Å². The Bertz CT molecular complexity index is 1410. The third-order valence-electron chi connectivity index (χ3n) is 7.75. The van der Waals surface area contributed by atoms with Crippen LogP contribution in [-0.4, -0.2) is 60.3 Å². The maximum Gasteiger partial charge on any atom is 0.255 e. The van der Waals surface area contributed by atoms with Crippen LogP contribution >= 0.6 is 11.6 Å². The van der Waals surface area contributed by atoms with Crippen LogP contribution in [0.5, 0.6) is 0 Å². The molecule has 11 heteroatoms. The van der Waals surface area contributed by atoms with Gasteiger partial charge in [0.25, 0.3) is 5.91 Å². The molecule has 0 radical (unpaired) electrons. The van der Waals surface area contributed by atoms with Crippen molar-refractivity contribution in [3.8, 4) is 11.8 Å². The summed E-state index contributed by atoms with van der Waals surface area (Å²) >= 11 is 6.49. The van der Waals surface area contributed by atoms with Crippen LogP contribution < -0.4 is 22.5 Å². The van der Waals surface area contributed by atoms with Crippen LogP contribution in [0.1, 0.15) is 65.7 Å². The van der Waals surface area contributed by atoms with Gasteiger partial charge in [-0.2, -0.15) is 5.10 Å². The van der Waals surface area contributed by atoms with Crippen molar-refractivity contribution < 1.29 is 14.3 Å². The van der Waals surface area contributed by atoms with Gasteiger partial charge in [0.05, 0.1) is 17.7 Å². The molecule has 1 unspecified atom stereocenters. The molecule has 2 amide bonds. The smallest absolute Gasteiger partial charge is 0.255 e. The normalized spacial score (nSPS) is 18.6. The highest BCUT2D eigenvalue weighted by Gasteiger charge is 2.50. The molecule has 1 saturated carbocycles. The highest BCUT2D eigenvalue weighted by atomic mass is 35.5. The molecule has 8 N–H and O–H groups in total. The molecule has 1 aromatic heterocycles. The third-order valence-corrected chi connectivity index (χ3v) is 8.06. The average Bonchev–Trinajstić information content (AvgIpc) is 3.24. The van der Waals surface area contributed by atoms with Crippen molar-refractivity contribution >= 4 is 40.5 Å². The minimum atomic E-state index is -0.623. The lowest BCUT2D eigenvalue weighted by Crippen LogP contribution is -2.36. The number of aromatic nitrogens is 2. The van der Waals surface area contributed by atoms with Gasteiger partial charge in [-0.3, -0.25) is 14.7 Å². The number of amides is 2. The fraction of sp³-hybridized carbons (Fsp3) is 0.414. The second kappa shape index (κ2) is 12.1. The van der Waals surface area contributed by atoms with Crippen LogP contribution in [0.15, 0.2) is 30.5 Å². The number of hydrogen-bond acceptors (Lipinski definition) is 7. The first-order chi connectivity index (χ1) is 19.2. The second-order valence-electron chi connectivity index (χ2n) is 10.3. The number of methoxy groups -OCH3 is 1. The maximum absolute atomic E-state index is 11.7. The summed E-state index contributed by atoms with van der Waals surface area (Å²) in [5.41, 5.74) is 22.8. The van der Waals surface area contributed by atoms with Gasteiger partial charge in [0.1, 0.15) is 11.3 Å². The quantitative estimate of drug-likeness (QED) is 0.204. The molecule has 1 spiro atoms. The van der Waals surface area contributed by atoms with E-state index in [2.05, 4.69) is 33.9 Å². The number of nitrogens with zero attached hydrogens (tertiary/aromatic N) is 2. The number of rotatable bonds is 6. The number of benzene rings is 1. The molecule has 10 nitrogen and oxygen atoms in total. The molecule has 2 heterocycles. The summed E-state index contributed by atoms with van der Waals surface area (Å²) < 4.78 is 5.02. The van der Waals surface area contributed by atoms with Crippen molar-refractivity contribution in [1.82, 2.24) is 15.1 Å². The molecule has 0 bridgehead atoms. The molecule has 2 aromatic rings. The van der Waals surface area contributed by atoms with Crippen molar-refractivity contribution in [2.75, 3.05) is 38.4 Å². The number of aromatic amines is 1. The zero-order valence-electron chi connectivity index (χ0n) is 22.9. The molecule has 1 atom stereocenters. The number of primary amides is 1. The Kier molecular flexibility index (Phi) is 8.76. The second-order valence-corrected chi connectivity index (χ2v) is 10.7. The van der Waals surface area contributed by atoms with Crippen molar-refractivity contribution in [1.29, 1.82) is 0 Å². The van der Waals surface area contributed by atoms with E-state index in [1.807, 2.05) is 11.0 Å². The molecule has 2 aliphatic carbocycles. The van der Waals surface area contributed by atoms with E-state index in [-0.39, 0.29) is 22.9 Å². The predicted molar refractivity (Wildman–Crippen MR) is 157 cm³/mol. The monoisotopic (exact) mass is 565 g/mol. The van der Waals surface area contributed by atoms with E-state index < -0.39 is 5.91 Å². The zero-order valence-corrected chi connectivity index (χ0v) is 23.7. The van der Waals surface area contributed by atoms with Gasteiger partial charge in [-0.25, -0.2) is 0 Å². The van der Waals surface area contributed by atoms with Crippen LogP contribution in [0.4, 0.5) is 11.5 Å². The summed E-state index contributed by atoms with van der Waals surface area (Å²) in [6.45, 7) is 4.95. The van der Waals surface area contributed by atoms with Gasteiger partial charge >= 0.3 is 0 Å². The van der Waals surface area contributed by atoms with Crippen molar-refractivity contribution in [2.24, 2.45) is 16.9 Å². The Hall–Kier alpha value is -3.94. The summed E-state index contributed by atoms with van der Waals surface area (Å²) in [5, 5.41) is 9.97. The fourth-order valence-corrected chi connectivity index (χ4v) is 5.78. The summed E-state index contributed by atoms with van der Waals surface area (Å²) in [6, 6.07) is 3.86. The minimum Gasteiger partial charge on any atom is -0.402 e. The summed E-state index contributed by atoms with van der Waals surface area (Å²) in [6.07, 6.45) is 7.76. The van der Waals surface area contributed by atoms with E-state index in [0.717, 1.165) is 61.9 Å². The average molecular weight is 566 g/mol. The van der Waals surface area contributed by atoms with Crippen molar-refractivity contribution in [3.63, 3.8) is 0 Å². The van der Waals surface area contributed by atoms with Gasteiger partial charge in [0.2, 0.25) is 5.91 Å². The number of hydrogen-bond donors (Lipinski definition) is 5. The number of carbonyl (C=O) groups excluding carboxylic acids is 2. The van der Waals surface area contributed by atoms with Gasteiger partial charge in [0, 0.05) is 43.2 Å². The summed E-state index contributed by atoms with van der Waals surface area (Å²) in [4.78, 5) is 24.8. The maximum atomic E-state index is 11.7. The first-order valence-electron chi connectivity index (χ1n) is 13.2. The number of likely N-dealkylation sites (tertiary alicyclic amines) is 1. The van der Waals surface area contributed by atoms with Crippen molar-refractivity contribution in [2.45, 2.75) is 44.6 Å². The van der Waals surface area contributed by atoms with Gasteiger partial charge in [-0.1, -0.05) is 24.1 Å². The Morgan fingerprint density at radius 3 is 2.70 bits per heavy atom. The topological polar surface area (TPSA) is 165 Å². The van der Waals surface area contributed by atoms with E-state index in [0.29, 0.717) is 34.4 Å². The number of halogens is 1. The van der Waals surface area contributed by atoms with Crippen LogP contribution in [0, 0.1) is 17.3 Å². The molecule has 2 fully saturated rings. The van der Waals surface area contributed by atoms with E-state index >= 15 is 0 Å². The van der Waals surface area contributed by atoms with Gasteiger partial charge in [-0.15, -0.1) is 0 Å². The number of nitrogen functional groups attached to an aromatic ring is 1. The third kappa shape index (κ3) is 5.81. The molecule has 3 aliphatic rings. The fourth-order valence-electron chi connectivity index (χ4n) is 5.57. The van der Waals surface area contributed by atoms with E-state index in [1.54, 1.807) is 20.2 Å². The summed E-state index contributed by atoms with van der Waals surface area (Å²) in [7, 11) is 3.31. The van der Waals surface area contributed by atoms with E-state index in [4.69, 9.17) is 33.5 Å². The van der Waals surface area contributed by atoms with Gasteiger partial charge in [-0.05, 0) is 73.6 Å². The summed E-state index contributed by atoms with van der Waals surface area (Å²) in [5.74, 6) is 5.57. The lowest BCUT2D eigenvalue weighted by molar-refractivity contribution is -0.127. The Morgan fingerprint density at radius 2 is 2.08 bits per heavy atom. The number of ether oxygens (including phenoxy) is 1. The molecule has 1 aromatic carbocycles. The number of carbonyl (C=O) groups is 2. The Morgan fingerprint density at radius 1 is 1.32 bits per heavy atom. The van der Waals surface area contributed by atoms with Crippen molar-refractivity contribution in [3.05, 3.63) is 57.9 Å². The lowest BCUT2D eigenvalue weighted by Gasteiger charge is -2.22. The first kappa shape index (κ1) is 29.1. The molecule has 40 heavy (non-hydrogen) atoms.